The molecular formula is C19H23NO3. The van der Waals surface area contributed by atoms with Gasteiger partial charge in [0.25, 0.3) is 5.91 Å². The van der Waals surface area contributed by atoms with Crippen molar-refractivity contribution in [3.05, 3.63) is 54.1 Å². The number of rotatable bonds is 8. The second kappa shape index (κ2) is 8.83. The summed E-state index contributed by atoms with van der Waals surface area (Å²) in [5, 5.41) is 2.81. The number of carbonyl (C=O) groups is 1. The quantitative estimate of drug-likeness (QED) is 0.743. The molecule has 1 amide bonds. The average molecular weight is 313 g/mol. The lowest BCUT2D eigenvalue weighted by molar-refractivity contribution is -0.118. The van der Waals surface area contributed by atoms with Gasteiger partial charge in [-0.15, -0.1) is 0 Å². The van der Waals surface area contributed by atoms with Crippen LogP contribution < -0.4 is 14.8 Å². The monoisotopic (exact) mass is 313 g/mol. The molecule has 0 atom stereocenters. The van der Waals surface area contributed by atoms with E-state index in [9.17, 15) is 4.79 Å². The Bertz CT molecular complexity index is 623. The maximum atomic E-state index is 11.9. The smallest absolute Gasteiger partial charge is 0.262 e. The average Bonchev–Trinajstić information content (AvgIpc) is 2.55. The molecule has 0 radical (unpaired) electrons. The van der Waals surface area contributed by atoms with Crippen LogP contribution in [0.25, 0.3) is 0 Å². The Morgan fingerprint density at radius 1 is 1.04 bits per heavy atom. The van der Waals surface area contributed by atoms with Crippen molar-refractivity contribution in [3.8, 4) is 11.5 Å². The predicted octanol–water partition coefficient (Wildman–Crippen LogP) is 4.19. The zero-order valence-electron chi connectivity index (χ0n) is 13.7. The molecule has 4 heteroatoms. The van der Waals surface area contributed by atoms with Gasteiger partial charge < -0.3 is 14.8 Å². The number of unbranched alkanes of at least 4 members (excludes halogenated alkanes) is 1. The van der Waals surface area contributed by atoms with E-state index in [1.54, 1.807) is 0 Å². The summed E-state index contributed by atoms with van der Waals surface area (Å²) in [6.45, 7) is 4.79. The Kier molecular flexibility index (Phi) is 6.48. The second-order valence-corrected chi connectivity index (χ2v) is 5.38. The fourth-order valence-corrected chi connectivity index (χ4v) is 1.98. The minimum absolute atomic E-state index is 0.0238. The maximum Gasteiger partial charge on any atom is 0.262 e. The van der Waals surface area contributed by atoms with E-state index in [1.165, 1.54) is 0 Å². The van der Waals surface area contributed by atoms with Gasteiger partial charge in [-0.05, 0) is 37.6 Å². The topological polar surface area (TPSA) is 47.6 Å². The van der Waals surface area contributed by atoms with Crippen LogP contribution in [0.5, 0.6) is 11.5 Å². The fraction of sp³-hybridized carbons (Fsp3) is 0.316. The molecule has 0 bridgehead atoms. The summed E-state index contributed by atoms with van der Waals surface area (Å²) in [7, 11) is 0. The number of hydrogen-bond acceptors (Lipinski definition) is 3. The summed E-state index contributed by atoms with van der Waals surface area (Å²) in [6, 6.07) is 15.0. The standard InChI is InChI=1S/C19H23NO3/c1-3-4-12-22-18-7-5-6-16(13-18)20-19(21)14-23-17-10-8-15(2)9-11-17/h5-11,13H,3-4,12,14H2,1-2H3,(H,20,21). The van der Waals surface area contributed by atoms with Crippen molar-refractivity contribution >= 4 is 11.6 Å². The van der Waals surface area contributed by atoms with Gasteiger partial charge in [-0.3, -0.25) is 4.79 Å². The van der Waals surface area contributed by atoms with E-state index in [0.717, 1.165) is 24.2 Å². The molecule has 2 rings (SSSR count). The van der Waals surface area contributed by atoms with Crippen molar-refractivity contribution in [1.29, 1.82) is 0 Å². The molecule has 0 saturated carbocycles. The van der Waals surface area contributed by atoms with E-state index in [4.69, 9.17) is 9.47 Å². The van der Waals surface area contributed by atoms with Crippen LogP contribution in [0, 0.1) is 6.92 Å². The number of amides is 1. The lowest BCUT2D eigenvalue weighted by Crippen LogP contribution is -2.20. The van der Waals surface area contributed by atoms with Gasteiger partial charge in [-0.2, -0.15) is 0 Å². The molecule has 0 aliphatic carbocycles. The van der Waals surface area contributed by atoms with Crippen LogP contribution in [0.3, 0.4) is 0 Å². The van der Waals surface area contributed by atoms with Crippen LogP contribution in [-0.2, 0) is 4.79 Å². The molecule has 122 valence electrons. The molecule has 23 heavy (non-hydrogen) atoms. The van der Waals surface area contributed by atoms with E-state index in [0.29, 0.717) is 18.0 Å². The number of aryl methyl sites for hydroxylation is 1. The van der Waals surface area contributed by atoms with Crippen LogP contribution in [0.15, 0.2) is 48.5 Å². The Hall–Kier alpha value is -2.49. The molecule has 0 aliphatic rings. The molecule has 0 unspecified atom stereocenters. The first kappa shape index (κ1) is 16.9. The molecule has 2 aromatic carbocycles. The summed E-state index contributed by atoms with van der Waals surface area (Å²) in [4.78, 5) is 11.9. The van der Waals surface area contributed by atoms with Crippen LogP contribution in [0.1, 0.15) is 25.3 Å². The number of benzene rings is 2. The fourth-order valence-electron chi connectivity index (χ4n) is 1.98. The highest BCUT2D eigenvalue weighted by Crippen LogP contribution is 2.18. The first-order chi connectivity index (χ1) is 11.2. The van der Waals surface area contributed by atoms with Crippen molar-refractivity contribution < 1.29 is 14.3 Å². The molecule has 0 saturated heterocycles. The van der Waals surface area contributed by atoms with E-state index >= 15 is 0 Å². The highest BCUT2D eigenvalue weighted by molar-refractivity contribution is 5.92. The lowest BCUT2D eigenvalue weighted by atomic mass is 10.2. The largest absolute Gasteiger partial charge is 0.494 e. The van der Waals surface area contributed by atoms with Crippen molar-refractivity contribution in [2.45, 2.75) is 26.7 Å². The van der Waals surface area contributed by atoms with Crippen LogP contribution in [-0.4, -0.2) is 19.1 Å². The first-order valence-corrected chi connectivity index (χ1v) is 7.89. The van der Waals surface area contributed by atoms with Crippen molar-refractivity contribution in [2.24, 2.45) is 0 Å². The van der Waals surface area contributed by atoms with Gasteiger partial charge in [-0.25, -0.2) is 0 Å². The predicted molar refractivity (Wildman–Crippen MR) is 92.1 cm³/mol. The number of ether oxygens (including phenoxy) is 2. The zero-order valence-corrected chi connectivity index (χ0v) is 13.7. The zero-order chi connectivity index (χ0) is 16.5. The Balaban J connectivity index is 1.82. The highest BCUT2D eigenvalue weighted by Gasteiger charge is 2.05. The highest BCUT2D eigenvalue weighted by atomic mass is 16.5. The van der Waals surface area contributed by atoms with Crippen LogP contribution >= 0.6 is 0 Å². The SMILES string of the molecule is CCCCOc1cccc(NC(=O)COc2ccc(C)cc2)c1. The molecule has 0 spiro atoms. The summed E-state index contributed by atoms with van der Waals surface area (Å²) < 4.78 is 11.1. The number of anilines is 1. The summed E-state index contributed by atoms with van der Waals surface area (Å²) in [5.41, 5.74) is 1.86. The summed E-state index contributed by atoms with van der Waals surface area (Å²) in [5.74, 6) is 1.24. The molecule has 1 N–H and O–H groups in total. The summed E-state index contributed by atoms with van der Waals surface area (Å²) >= 11 is 0. The Labute approximate surface area is 137 Å². The molecule has 2 aromatic rings. The van der Waals surface area contributed by atoms with Gasteiger partial charge in [0, 0.05) is 11.8 Å². The third-order valence-corrected chi connectivity index (χ3v) is 3.28. The molecular weight excluding hydrogens is 290 g/mol. The molecule has 0 fully saturated rings. The molecule has 0 aliphatic heterocycles. The molecule has 0 aromatic heterocycles. The van der Waals surface area contributed by atoms with Gasteiger partial charge in [0.05, 0.1) is 6.61 Å². The van der Waals surface area contributed by atoms with Crippen LogP contribution in [0.4, 0.5) is 5.69 Å². The van der Waals surface area contributed by atoms with Crippen LogP contribution in [0.2, 0.25) is 0 Å². The third-order valence-electron chi connectivity index (χ3n) is 3.28. The van der Waals surface area contributed by atoms with Gasteiger partial charge in [0.1, 0.15) is 11.5 Å². The Morgan fingerprint density at radius 2 is 1.83 bits per heavy atom. The third kappa shape index (κ3) is 6.02. The number of hydrogen-bond donors (Lipinski definition) is 1. The maximum absolute atomic E-state index is 11.9. The molecule has 0 heterocycles. The van der Waals surface area contributed by atoms with E-state index in [1.807, 2.05) is 55.5 Å². The van der Waals surface area contributed by atoms with Crippen molar-refractivity contribution in [2.75, 3.05) is 18.5 Å². The number of carbonyl (C=O) groups excluding carboxylic acids is 1. The van der Waals surface area contributed by atoms with Gasteiger partial charge in [0.2, 0.25) is 0 Å². The minimum atomic E-state index is -0.198. The first-order valence-electron chi connectivity index (χ1n) is 7.89. The van der Waals surface area contributed by atoms with Crippen molar-refractivity contribution in [3.63, 3.8) is 0 Å². The number of nitrogens with one attached hydrogen (secondary N) is 1. The van der Waals surface area contributed by atoms with Crippen molar-refractivity contribution in [1.82, 2.24) is 0 Å². The van der Waals surface area contributed by atoms with Gasteiger partial charge in [-0.1, -0.05) is 37.1 Å². The Morgan fingerprint density at radius 3 is 2.57 bits per heavy atom. The minimum Gasteiger partial charge on any atom is -0.494 e. The molecule has 4 nitrogen and oxygen atoms in total. The van der Waals surface area contributed by atoms with Gasteiger partial charge >= 0.3 is 0 Å². The normalized spacial score (nSPS) is 10.2. The summed E-state index contributed by atoms with van der Waals surface area (Å²) in [6.07, 6.45) is 2.10. The lowest BCUT2D eigenvalue weighted by Gasteiger charge is -2.10. The van der Waals surface area contributed by atoms with Gasteiger partial charge in [0.15, 0.2) is 6.61 Å². The van der Waals surface area contributed by atoms with E-state index < -0.39 is 0 Å². The van der Waals surface area contributed by atoms with E-state index in [2.05, 4.69) is 12.2 Å². The second-order valence-electron chi connectivity index (χ2n) is 5.38. The van der Waals surface area contributed by atoms with E-state index in [-0.39, 0.29) is 12.5 Å².